The number of aliphatic hydroxyl groups excluding tert-OH is 1. The molecule has 0 aromatic rings. The van der Waals surface area contributed by atoms with Crippen molar-refractivity contribution in [2.45, 2.75) is 46.6 Å². The molecule has 1 N–H and O–H groups in total. The minimum absolute atomic E-state index is 0.0788. The fraction of sp³-hybridized carbons (Fsp3) is 0.800. The maximum atomic E-state index is 9.40. The van der Waals surface area contributed by atoms with Crippen molar-refractivity contribution in [3.8, 4) is 0 Å². The van der Waals surface area contributed by atoms with Gasteiger partial charge in [0.2, 0.25) is 0 Å². The Kier molecular flexibility index (Phi) is 3.81. The summed E-state index contributed by atoms with van der Waals surface area (Å²) in [6, 6.07) is 0. The first kappa shape index (κ1) is 10.7. The van der Waals surface area contributed by atoms with Crippen molar-refractivity contribution in [3.63, 3.8) is 0 Å². The third-order valence-electron chi connectivity index (χ3n) is 2.37. The summed E-state index contributed by atoms with van der Waals surface area (Å²) in [4.78, 5) is 0. The van der Waals surface area contributed by atoms with Crippen LogP contribution in [-0.2, 0) is 0 Å². The summed E-state index contributed by atoms with van der Waals surface area (Å²) in [7, 11) is 0. The first-order valence-corrected chi connectivity index (χ1v) is 4.24. The predicted octanol–water partition coefficient (Wildman–Crippen LogP) is 2.75. The molecule has 0 aliphatic carbocycles. The normalized spacial score (nSPS) is 14.6. The van der Waals surface area contributed by atoms with Gasteiger partial charge in [-0.3, -0.25) is 0 Å². The Balaban J connectivity index is 4.01. The first-order chi connectivity index (χ1) is 4.90. The van der Waals surface area contributed by atoms with E-state index in [1.807, 2.05) is 13.8 Å². The molecule has 0 aromatic heterocycles. The minimum atomic E-state index is -0.179. The molecule has 0 saturated carbocycles. The topological polar surface area (TPSA) is 20.2 Å². The highest BCUT2D eigenvalue weighted by Crippen LogP contribution is 2.30. The molecule has 0 spiro atoms. The van der Waals surface area contributed by atoms with E-state index < -0.39 is 0 Å². The van der Waals surface area contributed by atoms with Gasteiger partial charge in [-0.15, -0.1) is 0 Å². The van der Waals surface area contributed by atoms with E-state index in [1.54, 1.807) is 0 Å². The Bertz CT molecular complexity index is 136. The van der Waals surface area contributed by atoms with Gasteiger partial charge in [-0.1, -0.05) is 32.9 Å². The van der Waals surface area contributed by atoms with Crippen molar-refractivity contribution in [2.75, 3.05) is 0 Å². The van der Waals surface area contributed by atoms with Crippen molar-refractivity contribution in [2.24, 2.45) is 5.41 Å². The Morgan fingerprint density at radius 1 is 1.55 bits per heavy atom. The van der Waals surface area contributed by atoms with Crippen LogP contribution in [0.2, 0.25) is 0 Å². The summed E-state index contributed by atoms with van der Waals surface area (Å²) in [6.07, 6.45) is 1.47. The third kappa shape index (κ3) is 3.57. The second kappa shape index (κ2) is 3.91. The van der Waals surface area contributed by atoms with E-state index in [9.17, 15) is 5.11 Å². The van der Waals surface area contributed by atoms with Crippen LogP contribution in [0.15, 0.2) is 12.2 Å². The zero-order chi connectivity index (χ0) is 9.07. The van der Waals surface area contributed by atoms with Crippen LogP contribution in [0.1, 0.15) is 40.5 Å². The Hall–Kier alpha value is -0.300. The summed E-state index contributed by atoms with van der Waals surface area (Å²) >= 11 is 0. The van der Waals surface area contributed by atoms with Crippen LogP contribution in [0.25, 0.3) is 0 Å². The lowest BCUT2D eigenvalue weighted by Crippen LogP contribution is -2.20. The molecule has 0 fully saturated rings. The van der Waals surface area contributed by atoms with E-state index in [1.165, 1.54) is 0 Å². The van der Waals surface area contributed by atoms with Gasteiger partial charge in [-0.2, -0.15) is 0 Å². The van der Waals surface area contributed by atoms with Crippen LogP contribution in [0, 0.1) is 5.41 Å². The summed E-state index contributed by atoms with van der Waals surface area (Å²) in [5.74, 6) is 0. The van der Waals surface area contributed by atoms with Gasteiger partial charge in [0.1, 0.15) is 0 Å². The molecule has 0 rings (SSSR count). The quantitative estimate of drug-likeness (QED) is 0.620. The van der Waals surface area contributed by atoms with Crippen LogP contribution in [-0.4, -0.2) is 11.2 Å². The summed E-state index contributed by atoms with van der Waals surface area (Å²) in [5.41, 5.74) is 1.22. The monoisotopic (exact) mass is 156 g/mol. The second-order valence-corrected chi connectivity index (χ2v) is 3.93. The maximum absolute atomic E-state index is 9.40. The smallest absolute Gasteiger partial charge is 0.0545 e. The van der Waals surface area contributed by atoms with E-state index in [2.05, 4.69) is 20.4 Å². The fourth-order valence-corrected chi connectivity index (χ4v) is 0.908. The van der Waals surface area contributed by atoms with E-state index >= 15 is 0 Å². The highest BCUT2D eigenvalue weighted by atomic mass is 16.3. The van der Waals surface area contributed by atoms with E-state index in [0.29, 0.717) is 0 Å². The van der Waals surface area contributed by atoms with Gasteiger partial charge in [-0.25, -0.2) is 0 Å². The maximum Gasteiger partial charge on any atom is 0.0545 e. The molecular formula is C10H20O. The van der Waals surface area contributed by atoms with E-state index in [-0.39, 0.29) is 11.5 Å². The lowest BCUT2D eigenvalue weighted by molar-refractivity contribution is 0.123. The van der Waals surface area contributed by atoms with Crippen molar-refractivity contribution in [1.29, 1.82) is 0 Å². The van der Waals surface area contributed by atoms with Gasteiger partial charge in [0.25, 0.3) is 0 Å². The van der Waals surface area contributed by atoms with Crippen molar-refractivity contribution < 1.29 is 5.11 Å². The zero-order valence-electron chi connectivity index (χ0n) is 8.15. The van der Waals surface area contributed by atoms with Crippen LogP contribution in [0.5, 0.6) is 0 Å². The SMILES string of the molecule is C=C(C)C(C)(C)CC(O)CC. The number of aliphatic hydroxyl groups is 1. The summed E-state index contributed by atoms with van der Waals surface area (Å²) in [6.45, 7) is 12.2. The summed E-state index contributed by atoms with van der Waals surface area (Å²) in [5, 5.41) is 9.40. The number of hydrogen-bond acceptors (Lipinski definition) is 1. The molecule has 1 heteroatoms. The zero-order valence-corrected chi connectivity index (χ0v) is 8.15. The molecular weight excluding hydrogens is 136 g/mol. The molecule has 1 atom stereocenters. The van der Waals surface area contributed by atoms with Crippen LogP contribution in [0.3, 0.4) is 0 Å². The van der Waals surface area contributed by atoms with Crippen molar-refractivity contribution >= 4 is 0 Å². The minimum Gasteiger partial charge on any atom is -0.393 e. The van der Waals surface area contributed by atoms with E-state index in [4.69, 9.17) is 0 Å². The largest absolute Gasteiger partial charge is 0.393 e. The van der Waals surface area contributed by atoms with Crippen molar-refractivity contribution in [3.05, 3.63) is 12.2 Å². The van der Waals surface area contributed by atoms with Gasteiger partial charge >= 0.3 is 0 Å². The molecule has 0 amide bonds. The van der Waals surface area contributed by atoms with E-state index in [0.717, 1.165) is 18.4 Å². The molecule has 0 aliphatic heterocycles. The molecule has 11 heavy (non-hydrogen) atoms. The standard InChI is InChI=1S/C10H20O/c1-6-9(11)7-10(4,5)8(2)3/h9,11H,2,6-7H2,1,3-5H3. The van der Waals surface area contributed by atoms with Crippen LogP contribution >= 0.6 is 0 Å². The Morgan fingerprint density at radius 2 is 2.00 bits per heavy atom. The molecule has 1 unspecified atom stereocenters. The third-order valence-corrected chi connectivity index (χ3v) is 2.37. The molecule has 0 heterocycles. The molecule has 0 bridgehead atoms. The molecule has 1 nitrogen and oxygen atoms in total. The molecule has 0 saturated heterocycles. The average molecular weight is 156 g/mol. The van der Waals surface area contributed by atoms with Gasteiger partial charge in [0.15, 0.2) is 0 Å². The fourth-order valence-electron chi connectivity index (χ4n) is 0.908. The molecule has 0 aromatic carbocycles. The van der Waals surface area contributed by atoms with Gasteiger partial charge in [0, 0.05) is 0 Å². The highest BCUT2D eigenvalue weighted by molar-refractivity contribution is 5.03. The van der Waals surface area contributed by atoms with Gasteiger partial charge in [0.05, 0.1) is 6.10 Å². The lowest BCUT2D eigenvalue weighted by atomic mass is 9.80. The predicted molar refractivity (Wildman–Crippen MR) is 49.5 cm³/mol. The van der Waals surface area contributed by atoms with Gasteiger partial charge in [-0.05, 0) is 25.2 Å². The van der Waals surface area contributed by atoms with Crippen molar-refractivity contribution in [1.82, 2.24) is 0 Å². The Labute approximate surface area is 70.1 Å². The molecule has 0 aliphatic rings. The van der Waals surface area contributed by atoms with Crippen LogP contribution < -0.4 is 0 Å². The van der Waals surface area contributed by atoms with Crippen LogP contribution in [0.4, 0.5) is 0 Å². The number of rotatable bonds is 4. The molecule has 66 valence electrons. The summed E-state index contributed by atoms with van der Waals surface area (Å²) < 4.78 is 0. The number of allylic oxidation sites excluding steroid dienone is 1. The average Bonchev–Trinajstić information content (AvgIpc) is 1.86. The lowest BCUT2D eigenvalue weighted by Gasteiger charge is -2.27. The Morgan fingerprint density at radius 3 is 2.27 bits per heavy atom. The number of hydrogen-bond donors (Lipinski definition) is 1. The highest BCUT2D eigenvalue weighted by Gasteiger charge is 2.21. The van der Waals surface area contributed by atoms with Gasteiger partial charge < -0.3 is 5.11 Å². The second-order valence-electron chi connectivity index (χ2n) is 3.93. The molecule has 0 radical (unpaired) electrons. The first-order valence-electron chi connectivity index (χ1n) is 4.24.